The van der Waals surface area contributed by atoms with Gasteiger partial charge >= 0.3 is 0 Å². The van der Waals surface area contributed by atoms with Gasteiger partial charge in [-0.2, -0.15) is 0 Å². The predicted octanol–water partition coefficient (Wildman–Crippen LogP) is 11.8. The normalized spacial score (nSPS) is 12.0. The molecular weight excluding hydrogens is 923 g/mol. The standard InChI is InChI=1S/C23H25NO2.C22H23NO2.C15H16BrNO/c1-18-14-21(26-17-20-10-6-3-7-11-20)12-13-22(18)23(25)16-24-15-19-8-4-2-5-9-19;24-22(16-23-15-18-7-3-1-4-8-18)20-11-13-21(14-12-20)25-17-19-9-5-2-6-10-19;16-14-8-6-13(7-9-14)15(18)11-17-10-12-4-2-1-3-5-12/h2-14,23-25H,15-17H2,1H3;1-14,22-24H,15-17H2;1-9,15,17-18H,10-11H2. The largest absolute Gasteiger partial charge is 0.489 e. The molecule has 0 aliphatic heterocycles. The monoisotopic (exact) mass is 985 g/mol. The van der Waals surface area contributed by atoms with Crippen molar-refractivity contribution in [2.75, 3.05) is 19.6 Å². The number of hydrogen-bond acceptors (Lipinski definition) is 8. The summed E-state index contributed by atoms with van der Waals surface area (Å²) in [5, 5.41) is 40.6. The van der Waals surface area contributed by atoms with Gasteiger partial charge in [-0.15, -0.1) is 0 Å². The van der Waals surface area contributed by atoms with E-state index in [2.05, 4.69) is 68.3 Å². The Bertz CT molecular complexity index is 2590. The molecular formula is C60H64BrN3O5. The summed E-state index contributed by atoms with van der Waals surface area (Å²) >= 11 is 3.38. The van der Waals surface area contributed by atoms with Crippen LogP contribution in [-0.2, 0) is 32.8 Å². The van der Waals surface area contributed by atoms with Gasteiger partial charge < -0.3 is 40.7 Å². The van der Waals surface area contributed by atoms with Gasteiger partial charge in [0.05, 0.1) is 18.3 Å². The van der Waals surface area contributed by atoms with Crippen molar-refractivity contribution < 1.29 is 24.8 Å². The molecule has 0 heterocycles. The quantitative estimate of drug-likeness (QED) is 0.0422. The number of aryl methyl sites for hydroxylation is 1. The minimum atomic E-state index is -0.540. The molecule has 0 radical (unpaired) electrons. The summed E-state index contributed by atoms with van der Waals surface area (Å²) in [6.07, 6.45) is -1.55. The fourth-order valence-electron chi connectivity index (χ4n) is 7.26. The lowest BCUT2D eigenvalue weighted by molar-refractivity contribution is 0.173. The number of aliphatic hydroxyl groups is 3. The van der Waals surface area contributed by atoms with Gasteiger partial charge in [0.25, 0.3) is 0 Å². The maximum absolute atomic E-state index is 10.5. The molecule has 356 valence electrons. The van der Waals surface area contributed by atoms with Gasteiger partial charge in [-0.3, -0.25) is 0 Å². The molecule has 9 heteroatoms. The van der Waals surface area contributed by atoms with E-state index in [1.165, 1.54) is 16.7 Å². The molecule has 0 aromatic heterocycles. The van der Waals surface area contributed by atoms with Gasteiger partial charge in [0, 0.05) is 43.7 Å². The van der Waals surface area contributed by atoms with Crippen LogP contribution in [0.1, 0.15) is 68.4 Å². The van der Waals surface area contributed by atoms with Crippen molar-refractivity contribution in [3.63, 3.8) is 0 Å². The summed E-state index contributed by atoms with van der Waals surface area (Å²) in [7, 11) is 0. The highest BCUT2D eigenvalue weighted by Crippen LogP contribution is 2.24. The van der Waals surface area contributed by atoms with E-state index in [-0.39, 0.29) is 0 Å². The Morgan fingerprint density at radius 1 is 0.391 bits per heavy atom. The molecule has 0 amide bonds. The van der Waals surface area contributed by atoms with Crippen molar-refractivity contribution in [1.29, 1.82) is 0 Å². The van der Waals surface area contributed by atoms with Crippen LogP contribution in [0.5, 0.6) is 11.5 Å². The number of ether oxygens (including phenoxy) is 2. The van der Waals surface area contributed by atoms with Crippen molar-refractivity contribution >= 4 is 15.9 Å². The smallest absolute Gasteiger partial charge is 0.120 e. The van der Waals surface area contributed by atoms with Crippen LogP contribution >= 0.6 is 15.9 Å². The maximum atomic E-state index is 10.5. The number of nitrogens with one attached hydrogen (secondary N) is 3. The number of hydrogen-bond donors (Lipinski definition) is 6. The average molecular weight is 987 g/mol. The van der Waals surface area contributed by atoms with Gasteiger partial charge in [-0.1, -0.05) is 198 Å². The van der Waals surface area contributed by atoms with Crippen LogP contribution < -0.4 is 25.4 Å². The van der Waals surface area contributed by atoms with Crippen LogP contribution in [0.25, 0.3) is 0 Å². The average Bonchev–Trinajstić information content (AvgIpc) is 3.39. The Morgan fingerprint density at radius 2 is 0.725 bits per heavy atom. The predicted molar refractivity (Wildman–Crippen MR) is 283 cm³/mol. The maximum Gasteiger partial charge on any atom is 0.120 e. The summed E-state index contributed by atoms with van der Waals surface area (Å²) in [6, 6.07) is 71.9. The molecule has 3 atom stereocenters. The van der Waals surface area contributed by atoms with E-state index in [1.807, 2.05) is 189 Å². The Balaban J connectivity index is 0.000000173. The summed E-state index contributed by atoms with van der Waals surface area (Å²) in [4.78, 5) is 0. The highest BCUT2D eigenvalue weighted by molar-refractivity contribution is 9.10. The molecule has 8 nitrogen and oxygen atoms in total. The minimum absolute atomic E-state index is 0.471. The van der Waals surface area contributed by atoms with E-state index in [9.17, 15) is 15.3 Å². The lowest BCUT2D eigenvalue weighted by Crippen LogP contribution is -2.21. The third-order valence-electron chi connectivity index (χ3n) is 11.1. The first-order valence-electron chi connectivity index (χ1n) is 23.4. The van der Waals surface area contributed by atoms with Crippen LogP contribution in [0.15, 0.2) is 223 Å². The molecule has 8 rings (SSSR count). The highest BCUT2D eigenvalue weighted by Gasteiger charge is 2.12. The van der Waals surface area contributed by atoms with Crippen molar-refractivity contribution in [2.24, 2.45) is 0 Å². The molecule has 8 aromatic rings. The summed E-state index contributed by atoms with van der Waals surface area (Å²) in [5.41, 5.74) is 9.69. The zero-order valence-electron chi connectivity index (χ0n) is 39.2. The first-order valence-corrected chi connectivity index (χ1v) is 24.2. The third kappa shape index (κ3) is 19.3. The zero-order chi connectivity index (χ0) is 48.3. The molecule has 3 unspecified atom stereocenters. The molecule has 0 saturated heterocycles. The van der Waals surface area contributed by atoms with E-state index in [0.29, 0.717) is 32.8 Å². The Morgan fingerprint density at radius 3 is 1.12 bits per heavy atom. The van der Waals surface area contributed by atoms with Crippen LogP contribution in [-0.4, -0.2) is 35.0 Å². The zero-order valence-corrected chi connectivity index (χ0v) is 40.8. The van der Waals surface area contributed by atoms with E-state index in [0.717, 1.165) is 69.0 Å². The highest BCUT2D eigenvalue weighted by atomic mass is 79.9. The van der Waals surface area contributed by atoms with Crippen molar-refractivity contribution in [2.45, 2.75) is 58.1 Å². The van der Waals surface area contributed by atoms with Gasteiger partial charge in [0.15, 0.2) is 0 Å². The fraction of sp³-hybridized carbons (Fsp3) is 0.200. The van der Waals surface area contributed by atoms with Crippen LogP contribution in [0.2, 0.25) is 0 Å². The number of aliphatic hydroxyl groups excluding tert-OH is 3. The lowest BCUT2D eigenvalue weighted by Gasteiger charge is -2.16. The first kappa shape index (κ1) is 52.0. The molecule has 8 aromatic carbocycles. The lowest BCUT2D eigenvalue weighted by atomic mass is 10.0. The molecule has 6 N–H and O–H groups in total. The van der Waals surface area contributed by atoms with Crippen molar-refractivity contribution in [3.05, 3.63) is 273 Å². The van der Waals surface area contributed by atoms with E-state index in [4.69, 9.17) is 9.47 Å². The second-order valence-electron chi connectivity index (χ2n) is 16.6. The van der Waals surface area contributed by atoms with Gasteiger partial charge in [0.2, 0.25) is 0 Å². The summed E-state index contributed by atoms with van der Waals surface area (Å²) in [5.74, 6) is 1.62. The molecule has 0 fully saturated rings. The van der Waals surface area contributed by atoms with Crippen molar-refractivity contribution in [1.82, 2.24) is 16.0 Å². The molecule has 0 bridgehead atoms. The van der Waals surface area contributed by atoms with Gasteiger partial charge in [-0.05, 0) is 93.4 Å². The molecule has 69 heavy (non-hydrogen) atoms. The van der Waals surface area contributed by atoms with Crippen LogP contribution in [0.4, 0.5) is 0 Å². The topological polar surface area (TPSA) is 115 Å². The molecule has 0 aliphatic rings. The fourth-order valence-corrected chi connectivity index (χ4v) is 7.52. The minimum Gasteiger partial charge on any atom is -0.489 e. The number of rotatable bonds is 21. The van der Waals surface area contributed by atoms with E-state index < -0.39 is 18.3 Å². The van der Waals surface area contributed by atoms with Gasteiger partial charge in [-0.25, -0.2) is 0 Å². The SMILES string of the molecule is Cc1cc(OCc2ccccc2)ccc1C(O)CNCc1ccccc1.OC(CNCc1ccccc1)c1ccc(Br)cc1.OC(CNCc1ccccc1)c1ccc(OCc2ccccc2)cc1. The molecule has 0 aliphatic carbocycles. The second kappa shape index (κ2) is 29.5. The number of benzene rings is 8. The van der Waals surface area contributed by atoms with Crippen molar-refractivity contribution in [3.8, 4) is 11.5 Å². The Hall–Kier alpha value is -6.40. The molecule has 0 saturated carbocycles. The van der Waals surface area contributed by atoms with Crippen LogP contribution in [0.3, 0.4) is 0 Å². The first-order chi connectivity index (χ1) is 33.8. The van der Waals surface area contributed by atoms with E-state index >= 15 is 0 Å². The van der Waals surface area contributed by atoms with E-state index in [1.54, 1.807) is 0 Å². The Labute approximate surface area is 416 Å². The summed E-state index contributed by atoms with van der Waals surface area (Å²) in [6.45, 7) is 6.93. The Kier molecular flexibility index (Phi) is 22.2. The van der Waals surface area contributed by atoms with Crippen LogP contribution in [0, 0.1) is 6.92 Å². The van der Waals surface area contributed by atoms with Gasteiger partial charge in [0.1, 0.15) is 24.7 Å². The third-order valence-corrected chi connectivity index (χ3v) is 11.7. The number of halogens is 1. The summed E-state index contributed by atoms with van der Waals surface area (Å²) < 4.78 is 12.6. The molecule has 0 spiro atoms. The second-order valence-corrected chi connectivity index (χ2v) is 17.5.